The second kappa shape index (κ2) is 22.9. The molecule has 2 atom stereocenters. The molecule has 14 heteroatoms. The first-order chi connectivity index (χ1) is 24.4. The van der Waals surface area contributed by atoms with Crippen molar-refractivity contribution in [2.75, 3.05) is 18.0 Å². The normalized spacial score (nSPS) is 11.8. The molecule has 0 aliphatic heterocycles. The Morgan fingerprint density at radius 2 is 1.67 bits per heavy atom. The number of carbonyl (C=O) groups is 3. The summed E-state index contributed by atoms with van der Waals surface area (Å²) in [5, 5.41) is 19.1. The van der Waals surface area contributed by atoms with Crippen LogP contribution in [0, 0.1) is 0 Å². The maximum absolute atomic E-state index is 13.7. The molecule has 1 aromatic heterocycles. The molecule has 0 aliphatic carbocycles. The van der Waals surface area contributed by atoms with Gasteiger partial charge in [-0.15, -0.1) is 11.8 Å². The summed E-state index contributed by atoms with van der Waals surface area (Å²) in [5.41, 5.74) is 15.5. The summed E-state index contributed by atoms with van der Waals surface area (Å²) in [6.45, 7) is 6.81. The van der Waals surface area contributed by atoms with E-state index in [2.05, 4.69) is 17.6 Å². The molecule has 278 valence electrons. The molecule has 3 rings (SSSR count). The molecule has 2 aromatic carbocycles. The number of unbranched alkanes of at least 4 members (excludes halogenated alkanes) is 4. The standard InChI is InChI=1S/C31H39N3O4S.C6H14N4O2/c1-4-7-8-9-13-20-33(24-16-18-25(19-17-24)39-27(5-2)31(37)38)30(36)22-34-28(6-3)32-26(21-29(34)35)23-14-11-10-12-15-23;7-4(5(11)12)2-1-3-10-6(8)9/h10-12,14-19,21,27H,4-9,13,20,22H2,1-3H3,(H,37,38);4H,1-3,7H2,(H,11,12)(H4,8,9,10). The number of hydrogen-bond acceptors (Lipinski definition) is 8. The second-order valence-electron chi connectivity index (χ2n) is 12.0. The number of rotatable bonds is 20. The number of aryl methyl sites for hydroxylation is 1. The number of aliphatic carboxylic acids is 2. The molecule has 0 fully saturated rings. The van der Waals surface area contributed by atoms with Gasteiger partial charge in [0.1, 0.15) is 12.4 Å². The van der Waals surface area contributed by atoms with Gasteiger partial charge >= 0.3 is 5.97 Å². The third-order valence-electron chi connectivity index (χ3n) is 7.97. The highest BCUT2D eigenvalue weighted by molar-refractivity contribution is 8.00. The average molecular weight is 724 g/mol. The molecule has 0 saturated carbocycles. The van der Waals surface area contributed by atoms with E-state index in [1.54, 1.807) is 4.90 Å². The van der Waals surface area contributed by atoms with Crippen LogP contribution in [0.4, 0.5) is 5.69 Å². The minimum absolute atomic E-state index is 0.0333. The Kier molecular flexibility index (Phi) is 19.1. The fraction of sp³-hybridized carbons (Fsp3) is 0.459. The van der Waals surface area contributed by atoms with E-state index in [1.165, 1.54) is 22.4 Å². The summed E-state index contributed by atoms with van der Waals surface area (Å²) in [5.74, 6) is -1.56. The summed E-state index contributed by atoms with van der Waals surface area (Å²) in [6, 6.07) is 17.8. The molecule has 51 heavy (non-hydrogen) atoms. The summed E-state index contributed by atoms with van der Waals surface area (Å²) in [7, 11) is 0. The third-order valence-corrected chi connectivity index (χ3v) is 9.32. The van der Waals surface area contributed by atoms with Crippen molar-refractivity contribution < 1.29 is 30.3 Å². The fourth-order valence-corrected chi connectivity index (χ4v) is 5.96. The van der Waals surface area contributed by atoms with Crippen molar-refractivity contribution >= 4 is 41.3 Å². The van der Waals surface area contributed by atoms with Crippen LogP contribution in [0.5, 0.6) is 0 Å². The Labute approximate surface area is 304 Å². The predicted octanol–water partition coefficient (Wildman–Crippen LogP) is 2.83. The quantitative estimate of drug-likeness (QED) is 0.0577. The molecule has 1 heterocycles. The molecule has 0 aliphatic rings. The van der Waals surface area contributed by atoms with Crippen molar-refractivity contribution in [2.24, 2.45) is 16.5 Å². The molecular weight excluding hydrogens is 671 g/mol. The van der Waals surface area contributed by atoms with Crippen LogP contribution in [0.3, 0.4) is 0 Å². The van der Waals surface area contributed by atoms with Crippen LogP contribution in [-0.2, 0) is 27.3 Å². The number of guanidine groups is 1. The van der Waals surface area contributed by atoms with Gasteiger partial charge in [-0.1, -0.05) is 76.8 Å². The zero-order valence-electron chi connectivity index (χ0n) is 30.0. The molecule has 0 radical (unpaired) electrons. The summed E-state index contributed by atoms with van der Waals surface area (Å²) < 4.78 is 1.47. The number of anilines is 1. The van der Waals surface area contributed by atoms with E-state index < -0.39 is 23.2 Å². The van der Waals surface area contributed by atoms with Crippen molar-refractivity contribution in [3.8, 4) is 11.3 Å². The number of benzene rings is 2. The minimum atomic E-state index is -1.08. The summed E-state index contributed by atoms with van der Waals surface area (Å²) >= 11 is 1.24. The number of thioether (sulfide) groups is 1. The number of hydrogen-bond donors (Lipinski definition) is 4. The first kappa shape index (κ1) is 42.5. The van der Waals surface area contributed by atoms with E-state index in [9.17, 15) is 24.3 Å². The third kappa shape index (κ3) is 15.0. The van der Waals surface area contributed by atoms with E-state index >= 15 is 0 Å². The lowest BCUT2D eigenvalue weighted by molar-refractivity contribution is -0.409. The minimum Gasteiger partial charge on any atom is -0.549 e. The van der Waals surface area contributed by atoms with Gasteiger partial charge in [0.15, 0.2) is 12.0 Å². The van der Waals surface area contributed by atoms with Crippen LogP contribution in [0.25, 0.3) is 11.3 Å². The van der Waals surface area contributed by atoms with Gasteiger partial charge in [-0.25, -0.2) is 9.78 Å². The lowest BCUT2D eigenvalue weighted by Crippen LogP contribution is -2.64. The highest BCUT2D eigenvalue weighted by Crippen LogP contribution is 2.28. The van der Waals surface area contributed by atoms with E-state index in [-0.39, 0.29) is 24.0 Å². The summed E-state index contributed by atoms with van der Waals surface area (Å²) in [4.78, 5) is 59.3. The molecule has 13 nitrogen and oxygen atoms in total. The Morgan fingerprint density at radius 3 is 2.24 bits per heavy atom. The van der Waals surface area contributed by atoms with Gasteiger partial charge in [-0.2, -0.15) is 0 Å². The molecular formula is C37H53N7O6S. The van der Waals surface area contributed by atoms with Crippen molar-refractivity contribution in [3.05, 3.63) is 76.8 Å². The number of amides is 1. The zero-order chi connectivity index (χ0) is 37.8. The van der Waals surface area contributed by atoms with Crippen LogP contribution in [0.1, 0.15) is 78.0 Å². The number of quaternary nitrogens is 1. The SMILES string of the molecule is CCCCCCCN(C(=O)Cn1c(CC)nc(-c2ccccc2)cc1=O)c1ccc(SC(CC)C(=O)[O-])cc1.NC(N)=NCCCC([NH3+])C(=O)O. The number of carbonyl (C=O) groups excluding carboxylic acids is 2. The van der Waals surface area contributed by atoms with Crippen LogP contribution in [0.2, 0.25) is 0 Å². The number of nitrogens with zero attached hydrogens (tertiary/aromatic N) is 4. The summed E-state index contributed by atoms with van der Waals surface area (Å²) in [6.07, 6.45) is 7.39. The van der Waals surface area contributed by atoms with Crippen LogP contribution in [0.15, 0.2) is 75.3 Å². The first-order valence-electron chi connectivity index (χ1n) is 17.5. The monoisotopic (exact) mass is 723 g/mol. The molecule has 1 amide bonds. The van der Waals surface area contributed by atoms with Crippen LogP contribution < -0.4 is 32.8 Å². The largest absolute Gasteiger partial charge is 0.549 e. The molecule has 0 bridgehead atoms. The molecule has 2 unspecified atom stereocenters. The number of aliphatic imine (C=N–C) groups is 1. The molecule has 0 saturated heterocycles. The van der Waals surface area contributed by atoms with Gasteiger partial charge in [-0.3, -0.25) is 19.1 Å². The molecule has 0 spiro atoms. The van der Waals surface area contributed by atoms with Gasteiger partial charge in [0, 0.05) is 53.4 Å². The van der Waals surface area contributed by atoms with Crippen LogP contribution in [-0.4, -0.2) is 62.8 Å². The zero-order valence-corrected chi connectivity index (χ0v) is 30.8. The van der Waals surface area contributed by atoms with Crippen molar-refractivity contribution in [1.82, 2.24) is 9.55 Å². The Balaban J connectivity index is 0.000000641. The molecule has 3 aromatic rings. The molecule has 8 N–H and O–H groups in total. The number of carboxylic acid groups (broad SMARTS) is 2. The maximum Gasteiger partial charge on any atom is 0.362 e. The first-order valence-corrected chi connectivity index (χ1v) is 18.3. The lowest BCUT2D eigenvalue weighted by Gasteiger charge is -2.24. The van der Waals surface area contributed by atoms with E-state index in [0.717, 1.165) is 48.3 Å². The van der Waals surface area contributed by atoms with Gasteiger partial charge in [0.25, 0.3) is 5.56 Å². The predicted molar refractivity (Wildman–Crippen MR) is 200 cm³/mol. The Morgan fingerprint density at radius 1 is 1.00 bits per heavy atom. The van der Waals surface area contributed by atoms with E-state index in [0.29, 0.717) is 50.3 Å². The maximum atomic E-state index is 13.7. The van der Waals surface area contributed by atoms with E-state index in [1.807, 2.05) is 68.4 Å². The van der Waals surface area contributed by atoms with Crippen LogP contribution >= 0.6 is 11.8 Å². The average Bonchev–Trinajstić information content (AvgIpc) is 3.11. The lowest BCUT2D eigenvalue weighted by atomic mass is 10.1. The van der Waals surface area contributed by atoms with Gasteiger partial charge in [0.2, 0.25) is 5.91 Å². The smallest absolute Gasteiger partial charge is 0.362 e. The van der Waals surface area contributed by atoms with Gasteiger partial charge < -0.3 is 37.1 Å². The van der Waals surface area contributed by atoms with Gasteiger partial charge in [-0.05, 0) is 43.5 Å². The number of nitrogens with two attached hydrogens (primary N) is 2. The fourth-order valence-electron chi connectivity index (χ4n) is 5.08. The van der Waals surface area contributed by atoms with Gasteiger partial charge in [0.05, 0.1) is 11.7 Å². The number of carboxylic acids is 2. The Bertz CT molecular complexity index is 1610. The highest BCUT2D eigenvalue weighted by Gasteiger charge is 2.20. The number of aromatic nitrogens is 2. The Hall–Kier alpha value is -4.69. The second-order valence-corrected chi connectivity index (χ2v) is 13.2. The highest BCUT2D eigenvalue weighted by atomic mass is 32.2. The van der Waals surface area contributed by atoms with Crippen molar-refractivity contribution in [3.63, 3.8) is 0 Å². The topological polar surface area (TPSA) is 225 Å². The van der Waals surface area contributed by atoms with E-state index in [4.69, 9.17) is 21.6 Å². The van der Waals surface area contributed by atoms with Crippen molar-refractivity contribution in [1.29, 1.82) is 0 Å². The van der Waals surface area contributed by atoms with Crippen molar-refractivity contribution in [2.45, 2.75) is 101 Å².